The average molecular weight is 395 g/mol. The van der Waals surface area contributed by atoms with Crippen molar-refractivity contribution in [2.75, 3.05) is 19.7 Å². The first kappa shape index (κ1) is 21.2. The third-order valence-corrected chi connectivity index (χ3v) is 5.28. The number of nitrogens with one attached hydrogen (secondary N) is 1. The second-order valence-electron chi connectivity index (χ2n) is 7.08. The molecule has 2 rings (SSSR count). The molecule has 0 unspecified atom stereocenters. The number of ether oxygens (including phenoxy) is 1. The maximum Gasteiger partial charge on any atom is 0.258 e. The van der Waals surface area contributed by atoms with Crippen molar-refractivity contribution in [3.05, 3.63) is 28.3 Å². The summed E-state index contributed by atoms with van der Waals surface area (Å²) >= 11 is 6.13. The van der Waals surface area contributed by atoms with Gasteiger partial charge in [-0.3, -0.25) is 9.59 Å². The van der Waals surface area contributed by atoms with E-state index in [1.165, 1.54) is 6.92 Å². The number of carbonyl (C=O) groups is 3. The van der Waals surface area contributed by atoms with Gasteiger partial charge in [-0.2, -0.15) is 0 Å². The number of piperidine rings is 1. The van der Waals surface area contributed by atoms with E-state index in [1.54, 1.807) is 4.90 Å². The van der Waals surface area contributed by atoms with E-state index < -0.39 is 0 Å². The largest absolute Gasteiger partial charge is 0.484 e. The average Bonchev–Trinajstić information content (AvgIpc) is 2.63. The van der Waals surface area contributed by atoms with Crippen LogP contribution in [0.2, 0.25) is 5.02 Å². The summed E-state index contributed by atoms with van der Waals surface area (Å²) in [4.78, 5) is 36.9. The minimum absolute atomic E-state index is 0.00629. The van der Waals surface area contributed by atoms with Gasteiger partial charge < -0.3 is 19.7 Å². The second-order valence-corrected chi connectivity index (χ2v) is 7.46. The molecule has 148 valence electrons. The monoisotopic (exact) mass is 394 g/mol. The first-order valence-electron chi connectivity index (χ1n) is 9.22. The second kappa shape index (κ2) is 9.74. The van der Waals surface area contributed by atoms with E-state index in [-0.39, 0.29) is 43.1 Å². The molecule has 7 heteroatoms. The van der Waals surface area contributed by atoms with Gasteiger partial charge in [-0.1, -0.05) is 11.6 Å². The highest BCUT2D eigenvalue weighted by Crippen LogP contribution is 2.25. The van der Waals surface area contributed by atoms with Crippen LogP contribution in [0, 0.1) is 13.8 Å². The van der Waals surface area contributed by atoms with Crippen molar-refractivity contribution in [1.29, 1.82) is 0 Å². The van der Waals surface area contributed by atoms with E-state index in [9.17, 15) is 14.4 Å². The molecule has 1 aliphatic rings. The lowest BCUT2D eigenvalue weighted by Crippen LogP contribution is -2.47. The Morgan fingerprint density at radius 2 is 1.74 bits per heavy atom. The van der Waals surface area contributed by atoms with E-state index in [4.69, 9.17) is 16.3 Å². The van der Waals surface area contributed by atoms with Gasteiger partial charge in [0, 0.05) is 37.0 Å². The number of ketones is 1. The maximum absolute atomic E-state index is 12.1. The van der Waals surface area contributed by atoms with Gasteiger partial charge in [-0.05, 0) is 56.9 Å². The highest BCUT2D eigenvalue weighted by molar-refractivity contribution is 6.32. The highest BCUT2D eigenvalue weighted by atomic mass is 35.5. The molecule has 1 fully saturated rings. The molecule has 0 aromatic heterocycles. The Kier molecular flexibility index (Phi) is 7.66. The smallest absolute Gasteiger partial charge is 0.258 e. The molecule has 1 aromatic rings. The molecule has 0 atom stereocenters. The molecule has 1 saturated heterocycles. The fraction of sp³-hybridized carbons (Fsp3) is 0.550. The van der Waals surface area contributed by atoms with Gasteiger partial charge in [-0.15, -0.1) is 0 Å². The summed E-state index contributed by atoms with van der Waals surface area (Å²) in [5.41, 5.74) is 1.82. The van der Waals surface area contributed by atoms with Gasteiger partial charge in [-0.25, -0.2) is 0 Å². The van der Waals surface area contributed by atoms with E-state index in [0.29, 0.717) is 36.7 Å². The summed E-state index contributed by atoms with van der Waals surface area (Å²) in [6.07, 6.45) is 1.96. The van der Waals surface area contributed by atoms with Crippen molar-refractivity contribution in [3.8, 4) is 5.75 Å². The number of hydrogen-bond donors (Lipinski definition) is 1. The van der Waals surface area contributed by atoms with Crippen molar-refractivity contribution >= 4 is 29.2 Å². The fourth-order valence-electron chi connectivity index (χ4n) is 3.12. The molecule has 0 bridgehead atoms. The minimum atomic E-state index is -0.179. The first-order valence-corrected chi connectivity index (χ1v) is 9.60. The molecule has 1 heterocycles. The molecule has 6 nitrogen and oxygen atoms in total. The van der Waals surface area contributed by atoms with E-state index >= 15 is 0 Å². The minimum Gasteiger partial charge on any atom is -0.484 e. The summed E-state index contributed by atoms with van der Waals surface area (Å²) in [5.74, 6) is 0.473. The van der Waals surface area contributed by atoms with Crippen LogP contribution in [-0.4, -0.2) is 48.2 Å². The van der Waals surface area contributed by atoms with Gasteiger partial charge in [0.05, 0.1) is 0 Å². The third kappa shape index (κ3) is 6.54. The number of rotatable bonds is 7. The lowest BCUT2D eigenvalue weighted by Gasteiger charge is -2.32. The lowest BCUT2D eigenvalue weighted by atomic mass is 10.0. The van der Waals surface area contributed by atoms with Crippen LogP contribution in [0.5, 0.6) is 5.75 Å². The number of Topliss-reactive ketones (excluding diaryl/α,β-unsaturated/α-hetero) is 1. The summed E-state index contributed by atoms with van der Waals surface area (Å²) in [6, 6.07) is 3.66. The van der Waals surface area contributed by atoms with Gasteiger partial charge in [0.25, 0.3) is 5.91 Å². The molecule has 1 N–H and O–H groups in total. The van der Waals surface area contributed by atoms with Crippen LogP contribution in [0.3, 0.4) is 0 Å². The third-order valence-electron chi connectivity index (χ3n) is 4.68. The molecule has 0 spiro atoms. The van der Waals surface area contributed by atoms with Crippen LogP contribution in [0.1, 0.15) is 43.7 Å². The Morgan fingerprint density at radius 1 is 1.15 bits per heavy atom. The number of likely N-dealkylation sites (tertiary alicyclic amines) is 1. The number of aryl methyl sites for hydroxylation is 2. The van der Waals surface area contributed by atoms with Crippen LogP contribution < -0.4 is 10.1 Å². The number of halogens is 1. The zero-order valence-electron chi connectivity index (χ0n) is 16.1. The topological polar surface area (TPSA) is 75.7 Å². The van der Waals surface area contributed by atoms with E-state index in [1.807, 2.05) is 26.0 Å². The van der Waals surface area contributed by atoms with Crippen molar-refractivity contribution in [3.63, 3.8) is 0 Å². The summed E-state index contributed by atoms with van der Waals surface area (Å²) in [5, 5.41) is 3.66. The van der Waals surface area contributed by atoms with Crippen LogP contribution in [0.25, 0.3) is 0 Å². The molecule has 1 aliphatic heterocycles. The standard InChI is InChI=1S/C20H27ClN2O4/c1-13-10-17(11-14(2)20(13)21)27-12-18(25)22-16-6-8-23(9-7-16)19(26)5-4-15(3)24/h10-11,16H,4-9,12H2,1-3H3,(H,22,25). The Hall–Kier alpha value is -2.08. The number of hydrogen-bond acceptors (Lipinski definition) is 4. The van der Waals surface area contributed by atoms with Crippen molar-refractivity contribution < 1.29 is 19.1 Å². The molecule has 2 amide bonds. The van der Waals surface area contributed by atoms with Crippen LogP contribution in [0.15, 0.2) is 12.1 Å². The van der Waals surface area contributed by atoms with E-state index in [0.717, 1.165) is 11.1 Å². The fourth-order valence-corrected chi connectivity index (χ4v) is 3.23. The van der Waals surface area contributed by atoms with Crippen LogP contribution in [0.4, 0.5) is 0 Å². The van der Waals surface area contributed by atoms with Gasteiger partial charge in [0.2, 0.25) is 5.91 Å². The molecule has 0 radical (unpaired) electrons. The van der Waals surface area contributed by atoms with Gasteiger partial charge in [0.15, 0.2) is 6.61 Å². The summed E-state index contributed by atoms with van der Waals surface area (Å²) in [6.45, 7) is 6.42. The zero-order valence-corrected chi connectivity index (χ0v) is 16.9. The SMILES string of the molecule is CC(=O)CCC(=O)N1CCC(NC(=O)COc2cc(C)c(Cl)c(C)c2)CC1. The van der Waals surface area contributed by atoms with Crippen molar-refractivity contribution in [1.82, 2.24) is 10.2 Å². The summed E-state index contributed by atoms with van der Waals surface area (Å²) in [7, 11) is 0. The normalized spacial score (nSPS) is 14.7. The van der Waals surface area contributed by atoms with Gasteiger partial charge in [0.1, 0.15) is 11.5 Å². The number of benzene rings is 1. The molecular weight excluding hydrogens is 368 g/mol. The number of amides is 2. The molecular formula is C20H27ClN2O4. The predicted molar refractivity (Wildman–Crippen MR) is 104 cm³/mol. The molecule has 1 aromatic carbocycles. The Labute approximate surface area is 165 Å². The van der Waals surface area contributed by atoms with E-state index in [2.05, 4.69) is 5.32 Å². The van der Waals surface area contributed by atoms with Crippen molar-refractivity contribution in [2.45, 2.75) is 52.5 Å². The first-order chi connectivity index (χ1) is 12.8. The lowest BCUT2D eigenvalue weighted by molar-refractivity contribution is -0.134. The van der Waals surface area contributed by atoms with Crippen molar-refractivity contribution in [2.24, 2.45) is 0 Å². The van der Waals surface area contributed by atoms with Crippen LogP contribution in [-0.2, 0) is 14.4 Å². The maximum atomic E-state index is 12.1. The number of carbonyl (C=O) groups excluding carboxylic acids is 3. The Balaban J connectivity index is 1.73. The zero-order chi connectivity index (χ0) is 20.0. The molecule has 0 saturated carbocycles. The highest BCUT2D eigenvalue weighted by Gasteiger charge is 2.23. The Morgan fingerprint density at radius 3 is 2.30 bits per heavy atom. The number of nitrogens with zero attached hydrogens (tertiary/aromatic N) is 1. The summed E-state index contributed by atoms with van der Waals surface area (Å²) < 4.78 is 5.57. The Bertz CT molecular complexity index is 689. The molecule has 0 aliphatic carbocycles. The predicted octanol–water partition coefficient (Wildman–Crippen LogP) is 2.81. The van der Waals surface area contributed by atoms with Gasteiger partial charge >= 0.3 is 0 Å². The molecule has 27 heavy (non-hydrogen) atoms. The van der Waals surface area contributed by atoms with Crippen LogP contribution >= 0.6 is 11.6 Å². The quantitative estimate of drug-likeness (QED) is 0.771.